The van der Waals surface area contributed by atoms with Crippen LogP contribution in [0.3, 0.4) is 0 Å². The summed E-state index contributed by atoms with van der Waals surface area (Å²) in [5, 5.41) is 0. The van der Waals surface area contributed by atoms with Crippen molar-refractivity contribution in [2.75, 3.05) is 19.4 Å². The Morgan fingerprint density at radius 1 is 1.47 bits per heavy atom. The van der Waals surface area contributed by atoms with Gasteiger partial charge >= 0.3 is 0 Å². The number of nitrogens with zero attached hydrogens (tertiary/aromatic N) is 1. The van der Waals surface area contributed by atoms with E-state index in [0.29, 0.717) is 29.0 Å². The second kappa shape index (κ2) is 5.51. The summed E-state index contributed by atoms with van der Waals surface area (Å²) in [6.07, 6.45) is 2.16. The number of hydrogen-bond acceptors (Lipinski definition) is 3. The van der Waals surface area contributed by atoms with Crippen molar-refractivity contribution < 1.29 is 9.53 Å². The van der Waals surface area contributed by atoms with Gasteiger partial charge in [0.25, 0.3) is 5.91 Å². The first kappa shape index (κ1) is 13.7. The van der Waals surface area contributed by atoms with Crippen LogP contribution in [0.2, 0.25) is 0 Å². The highest BCUT2D eigenvalue weighted by Crippen LogP contribution is 2.29. The quantitative estimate of drug-likeness (QED) is 0.852. The number of hydrogen-bond donors (Lipinski definition) is 1. The van der Waals surface area contributed by atoms with Crippen molar-refractivity contribution in [2.24, 2.45) is 5.92 Å². The SMILES string of the molecule is COc1cc(N)ccc1C(=O)N1CCCC1C(C)C. The van der Waals surface area contributed by atoms with Gasteiger partial charge in [0.1, 0.15) is 5.75 Å². The normalized spacial score (nSPS) is 18.9. The molecule has 4 nitrogen and oxygen atoms in total. The number of nitrogen functional groups attached to an aromatic ring is 1. The predicted molar refractivity (Wildman–Crippen MR) is 76.3 cm³/mol. The molecule has 104 valence electrons. The Morgan fingerprint density at radius 3 is 2.84 bits per heavy atom. The van der Waals surface area contributed by atoms with Gasteiger partial charge in [-0.25, -0.2) is 0 Å². The minimum atomic E-state index is 0.0491. The molecule has 1 fully saturated rings. The number of methoxy groups -OCH3 is 1. The molecule has 19 heavy (non-hydrogen) atoms. The summed E-state index contributed by atoms with van der Waals surface area (Å²) in [5.74, 6) is 1.08. The van der Waals surface area contributed by atoms with Gasteiger partial charge in [-0.05, 0) is 30.9 Å². The first-order valence-corrected chi connectivity index (χ1v) is 6.79. The lowest BCUT2D eigenvalue weighted by Crippen LogP contribution is -2.38. The summed E-state index contributed by atoms with van der Waals surface area (Å²) < 4.78 is 5.28. The molecule has 2 N–H and O–H groups in total. The number of amides is 1. The molecule has 1 unspecified atom stereocenters. The van der Waals surface area contributed by atoms with E-state index in [1.807, 2.05) is 4.90 Å². The highest BCUT2D eigenvalue weighted by atomic mass is 16.5. The standard InChI is InChI=1S/C15H22N2O2/c1-10(2)13-5-4-8-17(13)15(18)12-7-6-11(16)9-14(12)19-3/h6-7,9-10,13H,4-5,8,16H2,1-3H3. The van der Waals surface area contributed by atoms with Crippen molar-refractivity contribution in [3.8, 4) is 5.75 Å². The van der Waals surface area contributed by atoms with E-state index in [0.717, 1.165) is 19.4 Å². The average molecular weight is 262 g/mol. The second-order valence-corrected chi connectivity index (χ2v) is 5.41. The maximum atomic E-state index is 12.7. The van der Waals surface area contributed by atoms with Gasteiger partial charge in [-0.3, -0.25) is 4.79 Å². The summed E-state index contributed by atoms with van der Waals surface area (Å²) in [6.45, 7) is 5.15. The molecule has 0 bridgehead atoms. The van der Waals surface area contributed by atoms with Gasteiger partial charge in [-0.1, -0.05) is 13.8 Å². The van der Waals surface area contributed by atoms with Gasteiger partial charge in [0, 0.05) is 24.3 Å². The number of nitrogens with two attached hydrogens (primary N) is 1. The van der Waals surface area contributed by atoms with Crippen LogP contribution in [0.25, 0.3) is 0 Å². The Bertz CT molecular complexity index is 471. The molecule has 4 heteroatoms. The lowest BCUT2D eigenvalue weighted by Gasteiger charge is -2.28. The number of benzene rings is 1. The smallest absolute Gasteiger partial charge is 0.257 e. The highest BCUT2D eigenvalue weighted by molar-refractivity contribution is 5.97. The molecule has 1 saturated heterocycles. The van der Waals surface area contributed by atoms with Gasteiger partial charge in [-0.2, -0.15) is 0 Å². The van der Waals surface area contributed by atoms with Crippen molar-refractivity contribution in [2.45, 2.75) is 32.7 Å². The minimum absolute atomic E-state index is 0.0491. The fraction of sp³-hybridized carbons (Fsp3) is 0.533. The monoisotopic (exact) mass is 262 g/mol. The van der Waals surface area contributed by atoms with E-state index in [1.165, 1.54) is 0 Å². The largest absolute Gasteiger partial charge is 0.496 e. The third-order valence-corrected chi connectivity index (χ3v) is 3.79. The van der Waals surface area contributed by atoms with Crippen LogP contribution in [0.1, 0.15) is 37.0 Å². The summed E-state index contributed by atoms with van der Waals surface area (Å²) in [4.78, 5) is 14.6. The molecule has 1 amide bonds. The molecule has 2 rings (SSSR count). The number of carbonyl (C=O) groups excluding carboxylic acids is 1. The second-order valence-electron chi connectivity index (χ2n) is 5.41. The minimum Gasteiger partial charge on any atom is -0.496 e. The van der Waals surface area contributed by atoms with Crippen LogP contribution in [0.4, 0.5) is 5.69 Å². The third-order valence-electron chi connectivity index (χ3n) is 3.79. The molecule has 1 aromatic carbocycles. The molecule has 0 aromatic heterocycles. The summed E-state index contributed by atoms with van der Waals surface area (Å²) in [5.41, 5.74) is 6.94. The fourth-order valence-corrected chi connectivity index (χ4v) is 2.78. The Kier molecular flexibility index (Phi) is 3.98. The lowest BCUT2D eigenvalue weighted by molar-refractivity contribution is 0.0698. The van der Waals surface area contributed by atoms with Gasteiger partial charge in [0.05, 0.1) is 12.7 Å². The zero-order valence-electron chi connectivity index (χ0n) is 11.8. The molecule has 0 spiro atoms. The lowest BCUT2D eigenvalue weighted by atomic mass is 10.0. The van der Waals surface area contributed by atoms with E-state index in [-0.39, 0.29) is 5.91 Å². The maximum absolute atomic E-state index is 12.7. The van der Waals surface area contributed by atoms with Gasteiger partial charge < -0.3 is 15.4 Å². The first-order chi connectivity index (χ1) is 9.04. The topological polar surface area (TPSA) is 55.6 Å². The van der Waals surface area contributed by atoms with Gasteiger partial charge in [-0.15, -0.1) is 0 Å². The van der Waals surface area contributed by atoms with Crippen LogP contribution in [0, 0.1) is 5.92 Å². The van der Waals surface area contributed by atoms with Gasteiger partial charge in [0.15, 0.2) is 0 Å². The zero-order chi connectivity index (χ0) is 14.0. The molecule has 1 heterocycles. The maximum Gasteiger partial charge on any atom is 0.257 e. The Morgan fingerprint density at radius 2 is 2.21 bits per heavy atom. The fourth-order valence-electron chi connectivity index (χ4n) is 2.78. The molecule has 1 atom stereocenters. The number of anilines is 1. The molecule has 1 aliphatic heterocycles. The average Bonchev–Trinajstić information content (AvgIpc) is 2.87. The summed E-state index contributed by atoms with van der Waals surface area (Å²) in [6, 6.07) is 5.53. The Labute approximate surface area is 114 Å². The van der Waals surface area contributed by atoms with Crippen LogP contribution in [0.5, 0.6) is 5.75 Å². The van der Waals surface area contributed by atoms with Crippen LogP contribution in [-0.2, 0) is 0 Å². The summed E-state index contributed by atoms with van der Waals surface area (Å²) >= 11 is 0. The Hall–Kier alpha value is -1.71. The van der Waals surface area contributed by atoms with Crippen LogP contribution < -0.4 is 10.5 Å². The molecular formula is C15H22N2O2. The molecular weight excluding hydrogens is 240 g/mol. The predicted octanol–water partition coefficient (Wildman–Crippen LogP) is 2.54. The van der Waals surface area contributed by atoms with E-state index in [4.69, 9.17) is 10.5 Å². The molecule has 1 aromatic rings. The first-order valence-electron chi connectivity index (χ1n) is 6.79. The van der Waals surface area contributed by atoms with E-state index in [9.17, 15) is 4.79 Å². The van der Waals surface area contributed by atoms with Gasteiger partial charge in [0.2, 0.25) is 0 Å². The molecule has 0 radical (unpaired) electrons. The third kappa shape index (κ3) is 2.67. The van der Waals surface area contributed by atoms with Crippen LogP contribution in [0.15, 0.2) is 18.2 Å². The highest BCUT2D eigenvalue weighted by Gasteiger charge is 2.32. The van der Waals surface area contributed by atoms with Crippen molar-refractivity contribution in [1.29, 1.82) is 0 Å². The van der Waals surface area contributed by atoms with Crippen molar-refractivity contribution in [1.82, 2.24) is 4.90 Å². The number of ether oxygens (including phenoxy) is 1. The van der Waals surface area contributed by atoms with Crippen LogP contribution >= 0.6 is 0 Å². The van der Waals surface area contributed by atoms with E-state index in [2.05, 4.69) is 13.8 Å². The summed E-state index contributed by atoms with van der Waals surface area (Å²) in [7, 11) is 1.56. The van der Waals surface area contributed by atoms with Crippen LogP contribution in [-0.4, -0.2) is 30.5 Å². The zero-order valence-corrected chi connectivity index (χ0v) is 11.8. The molecule has 0 saturated carbocycles. The van der Waals surface area contributed by atoms with E-state index in [1.54, 1.807) is 25.3 Å². The molecule has 0 aliphatic carbocycles. The number of rotatable bonds is 3. The number of carbonyl (C=O) groups is 1. The Balaban J connectivity index is 2.29. The van der Waals surface area contributed by atoms with E-state index >= 15 is 0 Å². The van der Waals surface area contributed by atoms with E-state index < -0.39 is 0 Å². The van der Waals surface area contributed by atoms with Crippen molar-refractivity contribution in [3.05, 3.63) is 23.8 Å². The number of likely N-dealkylation sites (tertiary alicyclic amines) is 1. The van der Waals surface area contributed by atoms with Crippen molar-refractivity contribution >= 4 is 11.6 Å². The van der Waals surface area contributed by atoms with Crippen molar-refractivity contribution in [3.63, 3.8) is 0 Å². The molecule has 1 aliphatic rings.